The van der Waals surface area contributed by atoms with Crippen molar-refractivity contribution >= 4 is 11.9 Å². The van der Waals surface area contributed by atoms with E-state index in [0.29, 0.717) is 39.0 Å². The lowest BCUT2D eigenvalue weighted by Crippen LogP contribution is -2.54. The fourth-order valence-corrected chi connectivity index (χ4v) is 2.86. The molecule has 0 bridgehead atoms. The van der Waals surface area contributed by atoms with Gasteiger partial charge in [0.25, 0.3) is 0 Å². The summed E-state index contributed by atoms with van der Waals surface area (Å²) >= 11 is 0. The van der Waals surface area contributed by atoms with Crippen LogP contribution in [0.25, 0.3) is 0 Å². The van der Waals surface area contributed by atoms with Crippen LogP contribution in [0.1, 0.15) is 24.5 Å². The van der Waals surface area contributed by atoms with Crippen molar-refractivity contribution in [2.24, 2.45) is 0 Å². The Morgan fingerprint density at radius 1 is 1.14 bits per heavy atom. The van der Waals surface area contributed by atoms with E-state index in [9.17, 15) is 14.7 Å². The minimum atomic E-state index is -0.776. The number of hydrogen-bond acceptors (Lipinski definition) is 3. The first-order chi connectivity index (χ1) is 10.5. The Hall–Kier alpha value is -1.88. The lowest BCUT2D eigenvalue weighted by molar-refractivity contribution is -0.144. The molecule has 1 amide bonds. The van der Waals surface area contributed by atoms with Gasteiger partial charge in [-0.05, 0) is 18.9 Å². The van der Waals surface area contributed by atoms with Crippen molar-refractivity contribution in [1.82, 2.24) is 9.80 Å². The lowest BCUT2D eigenvalue weighted by atomic mass is 10.1. The number of nitrogens with zero attached hydrogens (tertiary/aromatic N) is 2. The Balaban J connectivity index is 1.87. The number of piperazine rings is 1. The number of aryl methyl sites for hydroxylation is 1. The number of carboxylic acids is 1. The third-order valence-electron chi connectivity index (χ3n) is 4.26. The molecule has 1 aliphatic heterocycles. The Kier molecular flexibility index (Phi) is 5.55. The van der Waals surface area contributed by atoms with Crippen LogP contribution >= 0.6 is 0 Å². The molecule has 0 aromatic heterocycles. The quantitative estimate of drug-likeness (QED) is 0.896. The predicted molar refractivity (Wildman–Crippen MR) is 84.8 cm³/mol. The van der Waals surface area contributed by atoms with Crippen molar-refractivity contribution in [3.05, 3.63) is 35.4 Å². The first-order valence-electron chi connectivity index (χ1n) is 7.81. The molecule has 0 radical (unpaired) electrons. The van der Waals surface area contributed by atoms with E-state index < -0.39 is 12.0 Å². The molecule has 1 aromatic carbocycles. The van der Waals surface area contributed by atoms with Crippen LogP contribution in [-0.4, -0.2) is 59.0 Å². The molecule has 1 saturated heterocycles. The van der Waals surface area contributed by atoms with Gasteiger partial charge in [0.1, 0.15) is 6.04 Å². The van der Waals surface area contributed by atoms with E-state index >= 15 is 0 Å². The van der Waals surface area contributed by atoms with Crippen molar-refractivity contribution in [2.45, 2.75) is 32.7 Å². The van der Waals surface area contributed by atoms with E-state index in [-0.39, 0.29) is 5.91 Å². The molecule has 120 valence electrons. The van der Waals surface area contributed by atoms with Crippen LogP contribution < -0.4 is 0 Å². The summed E-state index contributed by atoms with van der Waals surface area (Å²) in [5.41, 5.74) is 2.21. The summed E-state index contributed by atoms with van der Waals surface area (Å²) in [7, 11) is 0. The van der Waals surface area contributed by atoms with Crippen molar-refractivity contribution in [3.8, 4) is 0 Å². The lowest BCUT2D eigenvalue weighted by Gasteiger charge is -2.37. The van der Waals surface area contributed by atoms with Gasteiger partial charge in [-0.1, -0.05) is 36.8 Å². The Morgan fingerprint density at radius 3 is 2.23 bits per heavy atom. The van der Waals surface area contributed by atoms with Gasteiger partial charge >= 0.3 is 5.97 Å². The van der Waals surface area contributed by atoms with Crippen LogP contribution in [0.2, 0.25) is 0 Å². The van der Waals surface area contributed by atoms with Crippen LogP contribution in [0.5, 0.6) is 0 Å². The molecular weight excluding hydrogens is 280 g/mol. The van der Waals surface area contributed by atoms with E-state index in [2.05, 4.69) is 0 Å². The molecule has 0 unspecified atom stereocenters. The van der Waals surface area contributed by atoms with Gasteiger partial charge in [0.05, 0.1) is 6.42 Å². The Bertz CT molecular complexity index is 519. The SMILES string of the molecule is CC[C@@H](C(=O)O)N1CCN(C(=O)Cc2ccc(C)cc2)CC1. The second-order valence-electron chi connectivity index (χ2n) is 5.84. The predicted octanol–water partition coefficient (Wildman–Crippen LogP) is 1.54. The molecule has 1 fully saturated rings. The fourth-order valence-electron chi connectivity index (χ4n) is 2.86. The van der Waals surface area contributed by atoms with Gasteiger partial charge in [0.2, 0.25) is 5.91 Å². The molecule has 2 rings (SSSR count). The van der Waals surface area contributed by atoms with Crippen LogP contribution in [0.15, 0.2) is 24.3 Å². The van der Waals surface area contributed by atoms with Crippen molar-refractivity contribution in [3.63, 3.8) is 0 Å². The van der Waals surface area contributed by atoms with Crippen molar-refractivity contribution < 1.29 is 14.7 Å². The van der Waals surface area contributed by atoms with E-state index in [4.69, 9.17) is 0 Å². The summed E-state index contributed by atoms with van der Waals surface area (Å²) in [6.45, 7) is 6.38. The van der Waals surface area contributed by atoms with Gasteiger partial charge in [-0.2, -0.15) is 0 Å². The van der Waals surface area contributed by atoms with E-state index in [0.717, 1.165) is 5.56 Å². The highest BCUT2D eigenvalue weighted by Gasteiger charge is 2.28. The molecule has 0 saturated carbocycles. The van der Waals surface area contributed by atoms with Crippen molar-refractivity contribution in [1.29, 1.82) is 0 Å². The number of carbonyl (C=O) groups is 2. The van der Waals surface area contributed by atoms with Crippen molar-refractivity contribution in [2.75, 3.05) is 26.2 Å². The molecule has 5 heteroatoms. The third kappa shape index (κ3) is 4.07. The van der Waals surface area contributed by atoms with Gasteiger partial charge < -0.3 is 10.0 Å². The molecule has 1 atom stereocenters. The maximum atomic E-state index is 12.3. The number of aliphatic carboxylic acids is 1. The molecule has 1 aromatic rings. The van der Waals surface area contributed by atoms with Gasteiger partial charge in [0, 0.05) is 26.2 Å². The van der Waals surface area contributed by atoms with Crippen LogP contribution in [0.3, 0.4) is 0 Å². The zero-order valence-electron chi connectivity index (χ0n) is 13.3. The first-order valence-corrected chi connectivity index (χ1v) is 7.81. The highest BCUT2D eigenvalue weighted by Crippen LogP contribution is 2.12. The highest BCUT2D eigenvalue weighted by molar-refractivity contribution is 5.79. The number of carboxylic acid groups (broad SMARTS) is 1. The largest absolute Gasteiger partial charge is 0.480 e. The normalized spacial score (nSPS) is 17.3. The molecule has 5 nitrogen and oxygen atoms in total. The first kappa shape index (κ1) is 16.5. The zero-order chi connectivity index (χ0) is 16.1. The highest BCUT2D eigenvalue weighted by atomic mass is 16.4. The average molecular weight is 304 g/mol. The summed E-state index contributed by atoms with van der Waals surface area (Å²) in [5, 5.41) is 9.20. The van der Waals surface area contributed by atoms with Gasteiger partial charge in [-0.15, -0.1) is 0 Å². The molecule has 22 heavy (non-hydrogen) atoms. The summed E-state index contributed by atoms with van der Waals surface area (Å²) in [5.74, 6) is -0.659. The third-order valence-corrected chi connectivity index (χ3v) is 4.26. The van der Waals surface area contributed by atoms with E-state index in [1.54, 1.807) is 0 Å². The standard InChI is InChI=1S/C17H24N2O3/c1-3-15(17(21)22)18-8-10-19(11-9-18)16(20)12-14-6-4-13(2)5-7-14/h4-7,15H,3,8-12H2,1-2H3,(H,21,22)/t15-/m0/s1. The Morgan fingerprint density at radius 2 is 1.73 bits per heavy atom. The minimum Gasteiger partial charge on any atom is -0.480 e. The van der Waals surface area contributed by atoms with Crippen LogP contribution in [0, 0.1) is 6.92 Å². The summed E-state index contributed by atoms with van der Waals surface area (Å²) in [6.07, 6.45) is 1.00. The number of rotatable bonds is 5. The average Bonchev–Trinajstić information content (AvgIpc) is 2.50. The molecule has 1 aliphatic rings. The number of hydrogen-bond donors (Lipinski definition) is 1. The second kappa shape index (κ2) is 7.40. The monoisotopic (exact) mass is 304 g/mol. The molecule has 1 heterocycles. The van der Waals surface area contributed by atoms with Crippen LogP contribution in [-0.2, 0) is 16.0 Å². The summed E-state index contributed by atoms with van der Waals surface area (Å²) < 4.78 is 0. The maximum absolute atomic E-state index is 12.3. The van der Waals surface area contributed by atoms with Crippen LogP contribution in [0.4, 0.5) is 0 Å². The summed E-state index contributed by atoms with van der Waals surface area (Å²) in [4.78, 5) is 27.3. The maximum Gasteiger partial charge on any atom is 0.320 e. The molecule has 0 spiro atoms. The summed E-state index contributed by atoms with van der Waals surface area (Å²) in [6, 6.07) is 7.56. The van der Waals surface area contributed by atoms with Gasteiger partial charge in [-0.3, -0.25) is 14.5 Å². The molecule has 1 N–H and O–H groups in total. The van der Waals surface area contributed by atoms with Gasteiger partial charge in [0.15, 0.2) is 0 Å². The van der Waals surface area contributed by atoms with E-state index in [1.807, 2.05) is 47.9 Å². The number of amides is 1. The molecular formula is C17H24N2O3. The smallest absolute Gasteiger partial charge is 0.320 e. The fraction of sp³-hybridized carbons (Fsp3) is 0.529. The Labute approximate surface area is 131 Å². The van der Waals surface area contributed by atoms with Gasteiger partial charge in [-0.25, -0.2) is 0 Å². The molecule has 0 aliphatic carbocycles. The zero-order valence-corrected chi connectivity index (χ0v) is 13.3. The second-order valence-corrected chi connectivity index (χ2v) is 5.84. The number of carbonyl (C=O) groups excluding carboxylic acids is 1. The topological polar surface area (TPSA) is 60.9 Å². The number of benzene rings is 1. The van der Waals surface area contributed by atoms with E-state index in [1.165, 1.54) is 5.56 Å². The minimum absolute atomic E-state index is 0.117.